The van der Waals surface area contributed by atoms with Gasteiger partial charge in [-0.15, -0.1) is 11.6 Å². The molecule has 0 aliphatic carbocycles. The molecule has 1 aromatic rings. The maximum atomic E-state index is 11.9. The van der Waals surface area contributed by atoms with Gasteiger partial charge < -0.3 is 4.18 Å². The SMILES string of the molecule is O=S(=O)(Oc1ccc(CCl)cc1)C(F)(F)F. The van der Waals surface area contributed by atoms with Crippen molar-refractivity contribution in [2.45, 2.75) is 11.4 Å². The molecule has 0 aliphatic rings. The van der Waals surface area contributed by atoms with Gasteiger partial charge in [0.1, 0.15) is 5.75 Å². The molecule has 0 saturated carbocycles. The van der Waals surface area contributed by atoms with Crippen molar-refractivity contribution in [2.75, 3.05) is 0 Å². The molecular weight excluding hydrogens is 269 g/mol. The Morgan fingerprint density at radius 1 is 1.19 bits per heavy atom. The summed E-state index contributed by atoms with van der Waals surface area (Å²) in [5, 5.41) is 0. The fourth-order valence-electron chi connectivity index (χ4n) is 0.808. The lowest BCUT2D eigenvalue weighted by Crippen LogP contribution is -2.28. The van der Waals surface area contributed by atoms with Crippen molar-refractivity contribution in [3.8, 4) is 5.75 Å². The molecule has 0 aromatic heterocycles. The Balaban J connectivity index is 2.89. The van der Waals surface area contributed by atoms with Gasteiger partial charge in [-0.2, -0.15) is 21.6 Å². The molecule has 8 heteroatoms. The number of rotatable bonds is 3. The Morgan fingerprint density at radius 2 is 1.69 bits per heavy atom. The largest absolute Gasteiger partial charge is 0.534 e. The maximum absolute atomic E-state index is 11.9. The third kappa shape index (κ3) is 3.02. The van der Waals surface area contributed by atoms with Crippen LogP contribution in [0.1, 0.15) is 5.56 Å². The summed E-state index contributed by atoms with van der Waals surface area (Å²) in [6, 6.07) is 4.93. The highest BCUT2D eigenvalue weighted by atomic mass is 35.5. The van der Waals surface area contributed by atoms with Crippen LogP contribution in [0.15, 0.2) is 24.3 Å². The van der Waals surface area contributed by atoms with Gasteiger partial charge in [-0.25, -0.2) is 0 Å². The second-order valence-corrected chi connectivity index (χ2v) is 4.57. The lowest BCUT2D eigenvalue weighted by Gasteiger charge is -2.09. The molecule has 90 valence electrons. The van der Waals surface area contributed by atoms with E-state index in [1.807, 2.05) is 0 Å². The van der Waals surface area contributed by atoms with E-state index in [9.17, 15) is 21.6 Å². The normalized spacial score (nSPS) is 12.5. The van der Waals surface area contributed by atoms with Crippen molar-refractivity contribution in [3.63, 3.8) is 0 Å². The van der Waals surface area contributed by atoms with Crippen LogP contribution in [0, 0.1) is 0 Å². The minimum absolute atomic E-state index is 0.173. The first-order valence-electron chi connectivity index (χ1n) is 3.92. The van der Waals surface area contributed by atoms with E-state index in [0.29, 0.717) is 5.56 Å². The monoisotopic (exact) mass is 274 g/mol. The van der Waals surface area contributed by atoms with Crippen molar-refractivity contribution < 1.29 is 25.8 Å². The molecule has 0 fully saturated rings. The van der Waals surface area contributed by atoms with Crippen LogP contribution in [0.3, 0.4) is 0 Å². The Labute approximate surface area is 94.9 Å². The second-order valence-electron chi connectivity index (χ2n) is 2.76. The summed E-state index contributed by atoms with van der Waals surface area (Å²) in [5.41, 5.74) is -4.79. The second kappa shape index (κ2) is 4.50. The van der Waals surface area contributed by atoms with E-state index in [2.05, 4.69) is 4.18 Å². The highest BCUT2D eigenvalue weighted by molar-refractivity contribution is 7.87. The molecule has 3 nitrogen and oxygen atoms in total. The minimum Gasteiger partial charge on any atom is -0.376 e. The average Bonchev–Trinajstić information content (AvgIpc) is 2.16. The van der Waals surface area contributed by atoms with E-state index in [0.717, 1.165) is 12.1 Å². The summed E-state index contributed by atoms with van der Waals surface area (Å²) < 4.78 is 60.9. The van der Waals surface area contributed by atoms with Crippen molar-refractivity contribution in [3.05, 3.63) is 29.8 Å². The zero-order chi connectivity index (χ0) is 12.4. The molecule has 0 unspecified atom stereocenters. The van der Waals surface area contributed by atoms with Gasteiger partial charge in [-0.05, 0) is 17.7 Å². The Morgan fingerprint density at radius 3 is 2.06 bits per heavy atom. The van der Waals surface area contributed by atoms with Crippen LogP contribution >= 0.6 is 11.6 Å². The summed E-state index contributed by atoms with van der Waals surface area (Å²) in [7, 11) is -5.60. The van der Waals surface area contributed by atoms with Gasteiger partial charge in [-0.1, -0.05) is 12.1 Å². The number of halogens is 4. The van der Waals surface area contributed by atoms with Crippen LogP contribution in [0.5, 0.6) is 5.75 Å². The summed E-state index contributed by atoms with van der Waals surface area (Å²) in [4.78, 5) is 0. The number of alkyl halides is 4. The average molecular weight is 275 g/mol. The van der Waals surface area contributed by atoms with Crippen LogP contribution in [0.4, 0.5) is 13.2 Å². The fourth-order valence-corrected chi connectivity index (χ4v) is 1.45. The van der Waals surface area contributed by atoms with Gasteiger partial charge in [0.2, 0.25) is 0 Å². The van der Waals surface area contributed by atoms with Gasteiger partial charge in [0.05, 0.1) is 0 Å². The number of hydrogen-bond acceptors (Lipinski definition) is 3. The number of hydrogen-bond donors (Lipinski definition) is 0. The minimum atomic E-state index is -5.60. The molecule has 16 heavy (non-hydrogen) atoms. The molecule has 0 heterocycles. The smallest absolute Gasteiger partial charge is 0.376 e. The molecule has 0 radical (unpaired) electrons. The fraction of sp³-hybridized carbons (Fsp3) is 0.250. The maximum Gasteiger partial charge on any atom is 0.534 e. The molecular formula is C8H6ClF3O3S. The van der Waals surface area contributed by atoms with Crippen molar-refractivity contribution in [2.24, 2.45) is 0 Å². The number of benzene rings is 1. The summed E-state index contributed by atoms with van der Waals surface area (Å²) >= 11 is 5.45. The first kappa shape index (κ1) is 13.1. The Kier molecular flexibility index (Phi) is 3.69. The van der Waals surface area contributed by atoms with Crippen molar-refractivity contribution >= 4 is 21.7 Å². The first-order chi connectivity index (χ1) is 7.26. The Bertz CT molecular complexity index is 452. The standard InChI is InChI=1S/C8H6ClF3O3S/c9-5-6-1-3-7(4-2-6)15-16(13,14)8(10,11)12/h1-4H,5H2. The highest BCUT2D eigenvalue weighted by Crippen LogP contribution is 2.27. The molecule has 1 aromatic carbocycles. The molecule has 0 atom stereocenters. The van der Waals surface area contributed by atoms with E-state index in [4.69, 9.17) is 11.6 Å². The van der Waals surface area contributed by atoms with Crippen molar-refractivity contribution in [1.82, 2.24) is 0 Å². The molecule has 1 rings (SSSR count). The van der Waals surface area contributed by atoms with Crippen molar-refractivity contribution in [1.29, 1.82) is 0 Å². The van der Waals surface area contributed by atoms with E-state index in [-0.39, 0.29) is 5.88 Å². The third-order valence-corrected chi connectivity index (χ3v) is 2.85. The van der Waals surface area contributed by atoms with E-state index in [1.54, 1.807) is 0 Å². The summed E-state index contributed by atoms with van der Waals surface area (Å²) in [6.07, 6.45) is 0. The lowest BCUT2D eigenvalue weighted by atomic mass is 10.2. The molecule has 0 amide bonds. The van der Waals surface area contributed by atoms with E-state index >= 15 is 0 Å². The summed E-state index contributed by atoms with van der Waals surface area (Å²) in [5.74, 6) is -0.238. The van der Waals surface area contributed by atoms with Gasteiger partial charge in [0.15, 0.2) is 0 Å². The lowest BCUT2D eigenvalue weighted by molar-refractivity contribution is -0.0500. The van der Waals surface area contributed by atoms with E-state index < -0.39 is 21.4 Å². The topological polar surface area (TPSA) is 43.4 Å². The van der Waals surface area contributed by atoms with Gasteiger partial charge in [0.25, 0.3) is 0 Å². The highest BCUT2D eigenvalue weighted by Gasteiger charge is 2.48. The van der Waals surface area contributed by atoms with Gasteiger partial charge >= 0.3 is 15.6 Å². The molecule has 0 N–H and O–H groups in total. The van der Waals surface area contributed by atoms with Crippen LogP contribution in [-0.4, -0.2) is 13.9 Å². The molecule has 0 saturated heterocycles. The predicted octanol–water partition coefficient (Wildman–Crippen LogP) is 2.65. The van der Waals surface area contributed by atoms with Crippen LogP contribution in [-0.2, 0) is 16.0 Å². The van der Waals surface area contributed by atoms with Crippen LogP contribution in [0.2, 0.25) is 0 Å². The quantitative estimate of drug-likeness (QED) is 0.483. The van der Waals surface area contributed by atoms with Crippen LogP contribution in [0.25, 0.3) is 0 Å². The molecule has 0 aliphatic heterocycles. The summed E-state index contributed by atoms with van der Waals surface area (Å²) in [6.45, 7) is 0. The predicted molar refractivity (Wildman–Crippen MR) is 51.6 cm³/mol. The van der Waals surface area contributed by atoms with Gasteiger partial charge in [-0.3, -0.25) is 0 Å². The zero-order valence-electron chi connectivity index (χ0n) is 7.66. The molecule has 0 spiro atoms. The zero-order valence-corrected chi connectivity index (χ0v) is 9.23. The molecule has 0 bridgehead atoms. The van der Waals surface area contributed by atoms with Crippen LogP contribution < -0.4 is 4.18 Å². The van der Waals surface area contributed by atoms with Gasteiger partial charge in [0, 0.05) is 5.88 Å². The first-order valence-corrected chi connectivity index (χ1v) is 5.86. The van der Waals surface area contributed by atoms with E-state index in [1.165, 1.54) is 12.1 Å². The Hall–Kier alpha value is -0.950. The third-order valence-electron chi connectivity index (χ3n) is 1.57.